The average Bonchev–Trinajstić information content (AvgIpc) is 3.11. The Labute approximate surface area is 148 Å². The Morgan fingerprint density at radius 1 is 1.32 bits per heavy atom. The number of rotatable bonds is 8. The van der Waals surface area contributed by atoms with Crippen molar-refractivity contribution in [3.05, 3.63) is 42.2 Å². The smallest absolute Gasteiger partial charge is 0.317 e. The normalized spacial score (nSPS) is 11.7. The van der Waals surface area contributed by atoms with E-state index < -0.39 is 0 Å². The maximum Gasteiger partial charge on any atom is 0.317 e. The van der Waals surface area contributed by atoms with Crippen molar-refractivity contribution in [3.63, 3.8) is 0 Å². The predicted octanol–water partition coefficient (Wildman–Crippen LogP) is 2.17. The summed E-state index contributed by atoms with van der Waals surface area (Å²) in [5, 5.41) is 7.12. The molecular formula is C18H26N4O3. The molecule has 1 heterocycles. The Morgan fingerprint density at radius 2 is 2.08 bits per heavy atom. The van der Waals surface area contributed by atoms with Crippen molar-refractivity contribution in [1.29, 1.82) is 0 Å². The summed E-state index contributed by atoms with van der Waals surface area (Å²) in [6.07, 6.45) is 4.34. The van der Waals surface area contributed by atoms with E-state index in [2.05, 4.69) is 10.4 Å². The Hall–Kier alpha value is -2.70. The average molecular weight is 346 g/mol. The van der Waals surface area contributed by atoms with Gasteiger partial charge in [0.2, 0.25) is 0 Å². The zero-order chi connectivity index (χ0) is 18.2. The first-order valence-electron chi connectivity index (χ1n) is 8.23. The Morgan fingerprint density at radius 3 is 2.72 bits per heavy atom. The fraction of sp³-hybridized carbons (Fsp3) is 0.444. The van der Waals surface area contributed by atoms with Gasteiger partial charge in [-0.3, -0.25) is 4.68 Å². The van der Waals surface area contributed by atoms with E-state index in [0.717, 1.165) is 12.0 Å². The molecule has 7 nitrogen and oxygen atoms in total. The molecule has 0 spiro atoms. The number of urea groups is 1. The van der Waals surface area contributed by atoms with Gasteiger partial charge in [-0.1, -0.05) is 6.07 Å². The molecule has 7 heteroatoms. The largest absolute Gasteiger partial charge is 0.493 e. The van der Waals surface area contributed by atoms with Crippen molar-refractivity contribution in [2.75, 3.05) is 27.8 Å². The van der Waals surface area contributed by atoms with Crippen LogP contribution in [0.2, 0.25) is 0 Å². The van der Waals surface area contributed by atoms with Crippen LogP contribution in [-0.4, -0.2) is 54.6 Å². The van der Waals surface area contributed by atoms with E-state index >= 15 is 0 Å². The number of nitrogens with one attached hydrogen (secondary N) is 1. The van der Waals surface area contributed by atoms with Gasteiger partial charge in [0.15, 0.2) is 11.5 Å². The molecule has 2 rings (SSSR count). The van der Waals surface area contributed by atoms with Gasteiger partial charge in [-0.05, 0) is 37.1 Å². The molecule has 1 atom stereocenters. The summed E-state index contributed by atoms with van der Waals surface area (Å²) in [4.78, 5) is 13.9. The van der Waals surface area contributed by atoms with E-state index in [1.165, 1.54) is 0 Å². The first-order chi connectivity index (χ1) is 12.0. The summed E-state index contributed by atoms with van der Waals surface area (Å²) in [7, 11) is 5.01. The number of methoxy groups -OCH3 is 2. The fourth-order valence-electron chi connectivity index (χ4n) is 2.49. The highest BCUT2D eigenvalue weighted by atomic mass is 16.5. The molecule has 25 heavy (non-hydrogen) atoms. The monoisotopic (exact) mass is 346 g/mol. The third kappa shape index (κ3) is 5.41. The maximum atomic E-state index is 12.3. The number of hydrogen-bond acceptors (Lipinski definition) is 4. The first kappa shape index (κ1) is 18.6. The lowest BCUT2D eigenvalue weighted by Crippen LogP contribution is -2.44. The molecule has 0 unspecified atom stereocenters. The van der Waals surface area contributed by atoms with Crippen molar-refractivity contribution in [3.8, 4) is 11.5 Å². The van der Waals surface area contributed by atoms with Gasteiger partial charge in [-0.2, -0.15) is 5.10 Å². The molecule has 2 amide bonds. The van der Waals surface area contributed by atoms with Crippen LogP contribution in [0, 0.1) is 0 Å². The maximum absolute atomic E-state index is 12.3. The second kappa shape index (κ2) is 8.96. The van der Waals surface area contributed by atoms with Gasteiger partial charge >= 0.3 is 6.03 Å². The van der Waals surface area contributed by atoms with E-state index in [-0.39, 0.29) is 12.1 Å². The lowest BCUT2D eigenvalue weighted by molar-refractivity contribution is 0.204. The number of ether oxygens (including phenoxy) is 2. The van der Waals surface area contributed by atoms with Gasteiger partial charge in [-0.15, -0.1) is 0 Å². The molecule has 0 saturated heterocycles. The summed E-state index contributed by atoms with van der Waals surface area (Å²) < 4.78 is 12.3. The minimum absolute atomic E-state index is 0.00377. The Bertz CT molecular complexity index is 673. The SMILES string of the molecule is COc1ccc(CCN(C)C(=O)N[C@H](C)Cn2cccn2)cc1OC. The standard InChI is InChI=1S/C18H26N4O3/c1-14(13-22-10-5-9-19-22)20-18(23)21(2)11-8-15-6-7-16(24-3)17(12-15)25-4/h5-7,9-10,12,14H,8,11,13H2,1-4H3,(H,20,23)/t14-/m1/s1. The van der Waals surface area contributed by atoms with E-state index in [9.17, 15) is 4.79 Å². The van der Waals surface area contributed by atoms with Crippen LogP contribution >= 0.6 is 0 Å². The lowest BCUT2D eigenvalue weighted by atomic mass is 10.1. The van der Waals surface area contributed by atoms with E-state index in [1.807, 2.05) is 37.4 Å². The van der Waals surface area contributed by atoms with Crippen molar-refractivity contribution < 1.29 is 14.3 Å². The summed E-state index contributed by atoms with van der Waals surface area (Å²) in [6.45, 7) is 3.21. The third-order valence-corrected chi connectivity index (χ3v) is 3.92. The molecule has 0 saturated carbocycles. The van der Waals surface area contributed by atoms with Crippen LogP contribution in [0.1, 0.15) is 12.5 Å². The van der Waals surface area contributed by atoms with Crippen molar-refractivity contribution in [1.82, 2.24) is 20.0 Å². The number of carbonyl (C=O) groups is 1. The summed E-state index contributed by atoms with van der Waals surface area (Å²) in [5.41, 5.74) is 1.09. The van der Waals surface area contributed by atoms with Gasteiger partial charge in [0.05, 0.1) is 20.8 Å². The third-order valence-electron chi connectivity index (χ3n) is 3.92. The Kier molecular flexibility index (Phi) is 6.68. The summed E-state index contributed by atoms with van der Waals surface area (Å²) in [6, 6.07) is 7.55. The molecule has 0 aliphatic rings. The highest BCUT2D eigenvalue weighted by molar-refractivity contribution is 5.74. The van der Waals surface area contributed by atoms with Gasteiger partial charge in [-0.25, -0.2) is 4.79 Å². The highest BCUT2D eigenvalue weighted by Gasteiger charge is 2.13. The Balaban J connectivity index is 1.82. The van der Waals surface area contributed by atoms with Crippen LogP contribution in [0.15, 0.2) is 36.7 Å². The molecule has 1 aromatic carbocycles. The molecule has 1 aromatic heterocycles. The van der Waals surface area contributed by atoms with Crippen LogP contribution in [0.25, 0.3) is 0 Å². The second-order valence-corrected chi connectivity index (χ2v) is 5.94. The molecule has 0 radical (unpaired) electrons. The molecule has 2 aromatic rings. The van der Waals surface area contributed by atoms with Crippen molar-refractivity contribution >= 4 is 6.03 Å². The van der Waals surface area contributed by atoms with Gasteiger partial charge in [0, 0.05) is 32.0 Å². The topological polar surface area (TPSA) is 68.6 Å². The zero-order valence-corrected chi connectivity index (χ0v) is 15.2. The minimum Gasteiger partial charge on any atom is -0.493 e. The number of likely N-dealkylation sites (N-methyl/N-ethyl adjacent to an activating group) is 1. The molecular weight excluding hydrogens is 320 g/mol. The van der Waals surface area contributed by atoms with Crippen LogP contribution in [0.4, 0.5) is 4.79 Å². The molecule has 1 N–H and O–H groups in total. The van der Waals surface area contributed by atoms with Gasteiger partial charge < -0.3 is 19.7 Å². The molecule has 0 fully saturated rings. The van der Waals surface area contributed by atoms with Gasteiger partial charge in [0.1, 0.15) is 0 Å². The zero-order valence-electron chi connectivity index (χ0n) is 15.2. The molecule has 0 aliphatic heterocycles. The highest BCUT2D eigenvalue weighted by Crippen LogP contribution is 2.27. The van der Waals surface area contributed by atoms with Crippen molar-refractivity contribution in [2.45, 2.75) is 25.9 Å². The second-order valence-electron chi connectivity index (χ2n) is 5.94. The number of hydrogen-bond donors (Lipinski definition) is 1. The number of benzene rings is 1. The lowest BCUT2D eigenvalue weighted by Gasteiger charge is -2.21. The first-order valence-corrected chi connectivity index (χ1v) is 8.23. The summed E-state index contributed by atoms with van der Waals surface area (Å²) in [5.74, 6) is 1.39. The van der Waals surface area contributed by atoms with Crippen LogP contribution in [0.5, 0.6) is 11.5 Å². The molecule has 0 aliphatic carbocycles. The van der Waals surface area contributed by atoms with E-state index in [1.54, 1.807) is 37.0 Å². The van der Waals surface area contributed by atoms with Crippen molar-refractivity contribution in [2.24, 2.45) is 0 Å². The minimum atomic E-state index is -0.0971. The van der Waals surface area contributed by atoms with Crippen LogP contribution < -0.4 is 14.8 Å². The van der Waals surface area contributed by atoms with E-state index in [4.69, 9.17) is 9.47 Å². The number of aromatic nitrogens is 2. The van der Waals surface area contributed by atoms with Crippen LogP contribution in [0.3, 0.4) is 0 Å². The molecule has 136 valence electrons. The number of nitrogens with zero attached hydrogens (tertiary/aromatic N) is 3. The van der Waals surface area contributed by atoms with Gasteiger partial charge in [0.25, 0.3) is 0 Å². The van der Waals surface area contributed by atoms with Crippen LogP contribution in [-0.2, 0) is 13.0 Å². The van der Waals surface area contributed by atoms with E-state index in [0.29, 0.717) is 24.6 Å². The molecule has 0 bridgehead atoms. The number of carbonyl (C=O) groups excluding carboxylic acids is 1. The summed E-state index contributed by atoms with van der Waals surface area (Å²) >= 11 is 0. The quantitative estimate of drug-likeness (QED) is 0.795. The fourth-order valence-corrected chi connectivity index (χ4v) is 2.49. The predicted molar refractivity (Wildman–Crippen MR) is 96.1 cm³/mol. The number of amides is 2.